The van der Waals surface area contributed by atoms with Crippen LogP contribution in [0.15, 0.2) is 0 Å². The Hall–Kier alpha value is -0.0800. The first-order chi connectivity index (χ1) is 13.8. The monoisotopic (exact) mass is 396 g/mol. The predicted octanol–water partition coefficient (Wildman–Crippen LogP) is 8.09. The van der Waals surface area contributed by atoms with Gasteiger partial charge in [-0.2, -0.15) is 0 Å². The number of rotatable bonds is 24. The van der Waals surface area contributed by atoms with E-state index in [0.29, 0.717) is 0 Å². The van der Waals surface area contributed by atoms with Gasteiger partial charge in [0.15, 0.2) is 0 Å². The van der Waals surface area contributed by atoms with Crippen molar-refractivity contribution in [2.45, 2.75) is 142 Å². The number of unbranched alkanes of at least 4 members (excludes halogenated alkanes) is 18. The maximum atomic E-state index is 5.83. The van der Waals surface area contributed by atoms with Gasteiger partial charge in [-0.3, -0.25) is 0 Å². The number of nitrogens with two attached hydrogens (primary N) is 1. The SMILES string of the molecule is CCCCCCCCCCCCN(CCN)CCCCCCCCCCCC. The highest BCUT2D eigenvalue weighted by Gasteiger charge is 2.03. The van der Waals surface area contributed by atoms with Gasteiger partial charge in [0, 0.05) is 13.1 Å². The molecule has 0 rings (SSSR count). The van der Waals surface area contributed by atoms with Crippen LogP contribution in [-0.4, -0.2) is 31.1 Å². The summed E-state index contributed by atoms with van der Waals surface area (Å²) in [5.74, 6) is 0. The lowest BCUT2D eigenvalue weighted by Gasteiger charge is -2.21. The zero-order chi connectivity index (χ0) is 20.5. The van der Waals surface area contributed by atoms with Gasteiger partial charge in [-0.15, -0.1) is 0 Å². The molecule has 0 atom stereocenters. The molecule has 2 N–H and O–H groups in total. The lowest BCUT2D eigenvalue weighted by Crippen LogP contribution is -2.31. The van der Waals surface area contributed by atoms with Crippen molar-refractivity contribution in [3.63, 3.8) is 0 Å². The molecule has 0 aromatic carbocycles. The molecule has 0 saturated carbocycles. The highest BCUT2D eigenvalue weighted by molar-refractivity contribution is 4.60. The lowest BCUT2D eigenvalue weighted by atomic mass is 10.1. The summed E-state index contributed by atoms with van der Waals surface area (Å²) < 4.78 is 0. The van der Waals surface area contributed by atoms with E-state index in [4.69, 9.17) is 5.73 Å². The molecule has 0 amide bonds. The molecule has 170 valence electrons. The van der Waals surface area contributed by atoms with Crippen LogP contribution < -0.4 is 5.73 Å². The fourth-order valence-electron chi connectivity index (χ4n) is 4.16. The Morgan fingerprint density at radius 3 is 0.964 bits per heavy atom. The van der Waals surface area contributed by atoms with Crippen LogP contribution in [0.25, 0.3) is 0 Å². The van der Waals surface area contributed by atoms with Gasteiger partial charge < -0.3 is 10.6 Å². The molecule has 0 aliphatic heterocycles. The van der Waals surface area contributed by atoms with Crippen LogP contribution in [-0.2, 0) is 0 Å². The van der Waals surface area contributed by atoms with E-state index in [-0.39, 0.29) is 0 Å². The van der Waals surface area contributed by atoms with Crippen molar-refractivity contribution in [3.05, 3.63) is 0 Å². The van der Waals surface area contributed by atoms with Gasteiger partial charge in [0.05, 0.1) is 0 Å². The van der Waals surface area contributed by atoms with E-state index >= 15 is 0 Å². The van der Waals surface area contributed by atoms with Crippen LogP contribution in [0.1, 0.15) is 142 Å². The summed E-state index contributed by atoms with van der Waals surface area (Å²) in [4.78, 5) is 2.62. The summed E-state index contributed by atoms with van der Waals surface area (Å²) in [5.41, 5.74) is 5.83. The minimum absolute atomic E-state index is 0.815. The Balaban J connectivity index is 3.41. The molecule has 0 heterocycles. The minimum Gasteiger partial charge on any atom is -0.329 e. The van der Waals surface area contributed by atoms with Gasteiger partial charge in [-0.05, 0) is 25.9 Å². The fraction of sp³-hybridized carbons (Fsp3) is 1.00. The van der Waals surface area contributed by atoms with Crippen LogP contribution in [0, 0.1) is 0 Å². The Morgan fingerprint density at radius 2 is 0.679 bits per heavy atom. The number of nitrogens with zero attached hydrogens (tertiary/aromatic N) is 1. The molecule has 2 heteroatoms. The van der Waals surface area contributed by atoms with Gasteiger partial charge >= 0.3 is 0 Å². The molecular formula is C26H56N2. The van der Waals surface area contributed by atoms with Crippen molar-refractivity contribution in [2.75, 3.05) is 26.2 Å². The van der Waals surface area contributed by atoms with Crippen LogP contribution in [0.4, 0.5) is 0 Å². The second-order valence-corrected chi connectivity index (χ2v) is 8.99. The van der Waals surface area contributed by atoms with E-state index < -0.39 is 0 Å². The first-order valence-corrected chi connectivity index (χ1v) is 13.3. The van der Waals surface area contributed by atoms with Crippen LogP contribution >= 0.6 is 0 Å². The lowest BCUT2D eigenvalue weighted by molar-refractivity contribution is 0.267. The molecule has 0 spiro atoms. The fourth-order valence-corrected chi connectivity index (χ4v) is 4.16. The smallest absolute Gasteiger partial charge is 0.0105 e. The predicted molar refractivity (Wildman–Crippen MR) is 129 cm³/mol. The normalized spacial score (nSPS) is 11.6. The Bertz CT molecular complexity index is 243. The van der Waals surface area contributed by atoms with E-state index in [1.54, 1.807) is 0 Å². The quantitative estimate of drug-likeness (QED) is 0.167. The van der Waals surface area contributed by atoms with E-state index in [9.17, 15) is 0 Å². The Labute approximate surface area is 179 Å². The second-order valence-electron chi connectivity index (χ2n) is 8.99. The summed E-state index contributed by atoms with van der Waals surface area (Å²) in [6, 6.07) is 0. The summed E-state index contributed by atoms with van der Waals surface area (Å²) in [5, 5.41) is 0. The van der Waals surface area contributed by atoms with Gasteiger partial charge in [0.1, 0.15) is 0 Å². The Morgan fingerprint density at radius 1 is 0.393 bits per heavy atom. The molecule has 0 aromatic rings. The average Bonchev–Trinajstić information content (AvgIpc) is 2.70. The standard InChI is InChI=1S/C26H56N2/c1-3-5-7-9-11-13-15-17-19-21-24-28(26-23-27)25-22-20-18-16-14-12-10-8-6-4-2/h3-27H2,1-2H3. The van der Waals surface area contributed by atoms with Crippen molar-refractivity contribution < 1.29 is 0 Å². The molecule has 0 fully saturated rings. The first kappa shape index (κ1) is 27.9. The van der Waals surface area contributed by atoms with E-state index in [1.807, 2.05) is 0 Å². The molecule has 0 aliphatic carbocycles. The zero-order valence-electron chi connectivity index (χ0n) is 20.0. The summed E-state index contributed by atoms with van der Waals surface area (Å²) in [7, 11) is 0. The average molecular weight is 397 g/mol. The summed E-state index contributed by atoms with van der Waals surface area (Å²) in [6.07, 6.45) is 28.5. The zero-order valence-corrected chi connectivity index (χ0v) is 20.0. The molecule has 0 radical (unpaired) electrons. The van der Waals surface area contributed by atoms with Gasteiger partial charge in [0.2, 0.25) is 0 Å². The third-order valence-corrected chi connectivity index (χ3v) is 6.10. The first-order valence-electron chi connectivity index (χ1n) is 13.3. The summed E-state index contributed by atoms with van der Waals surface area (Å²) >= 11 is 0. The van der Waals surface area contributed by atoms with Crippen molar-refractivity contribution in [2.24, 2.45) is 5.73 Å². The van der Waals surface area contributed by atoms with E-state index in [0.717, 1.165) is 13.1 Å². The maximum absolute atomic E-state index is 5.83. The highest BCUT2D eigenvalue weighted by atomic mass is 15.1. The van der Waals surface area contributed by atoms with Crippen LogP contribution in [0.5, 0.6) is 0 Å². The molecular weight excluding hydrogens is 340 g/mol. The molecule has 0 unspecified atom stereocenters. The molecule has 28 heavy (non-hydrogen) atoms. The van der Waals surface area contributed by atoms with Gasteiger partial charge in [-0.25, -0.2) is 0 Å². The number of hydrogen-bond donors (Lipinski definition) is 1. The van der Waals surface area contributed by atoms with E-state index in [2.05, 4.69) is 18.7 Å². The van der Waals surface area contributed by atoms with Crippen LogP contribution in [0.3, 0.4) is 0 Å². The minimum atomic E-state index is 0.815. The summed E-state index contributed by atoms with van der Waals surface area (Å²) in [6.45, 7) is 9.04. The molecule has 0 aromatic heterocycles. The largest absolute Gasteiger partial charge is 0.329 e. The second kappa shape index (κ2) is 25.0. The van der Waals surface area contributed by atoms with Gasteiger partial charge in [-0.1, -0.05) is 129 Å². The van der Waals surface area contributed by atoms with Crippen molar-refractivity contribution in [1.29, 1.82) is 0 Å². The van der Waals surface area contributed by atoms with Crippen LogP contribution in [0.2, 0.25) is 0 Å². The molecule has 0 bridgehead atoms. The van der Waals surface area contributed by atoms with Crippen molar-refractivity contribution in [1.82, 2.24) is 4.90 Å². The molecule has 0 aliphatic rings. The highest BCUT2D eigenvalue weighted by Crippen LogP contribution is 2.12. The topological polar surface area (TPSA) is 29.3 Å². The maximum Gasteiger partial charge on any atom is 0.0105 e. The van der Waals surface area contributed by atoms with Crippen molar-refractivity contribution >= 4 is 0 Å². The van der Waals surface area contributed by atoms with Crippen molar-refractivity contribution in [3.8, 4) is 0 Å². The third kappa shape index (κ3) is 22.2. The molecule has 2 nitrogen and oxygen atoms in total. The Kier molecular flexibility index (Phi) is 24.9. The molecule has 0 saturated heterocycles. The van der Waals surface area contributed by atoms with E-state index in [1.165, 1.54) is 142 Å². The van der Waals surface area contributed by atoms with Gasteiger partial charge in [0.25, 0.3) is 0 Å². The third-order valence-electron chi connectivity index (χ3n) is 6.10. The number of hydrogen-bond acceptors (Lipinski definition) is 2.